The first kappa shape index (κ1) is 18.3. The Morgan fingerprint density at radius 1 is 1.22 bits per heavy atom. The second-order valence-electron chi connectivity index (χ2n) is 6.11. The maximum Gasteiger partial charge on any atom is 0.269 e. The number of aromatic nitrogens is 3. The molecule has 27 heavy (non-hydrogen) atoms. The lowest BCUT2D eigenvalue weighted by Crippen LogP contribution is -2.28. The molecule has 0 radical (unpaired) electrons. The fourth-order valence-corrected chi connectivity index (χ4v) is 2.72. The molecule has 0 bridgehead atoms. The van der Waals surface area contributed by atoms with Crippen LogP contribution in [0.15, 0.2) is 48.7 Å². The molecule has 0 saturated heterocycles. The molecule has 1 amide bonds. The Morgan fingerprint density at radius 3 is 2.74 bits per heavy atom. The van der Waals surface area contributed by atoms with Crippen molar-refractivity contribution < 1.29 is 9.72 Å². The zero-order valence-electron chi connectivity index (χ0n) is 14.8. The lowest BCUT2D eigenvalue weighted by atomic mass is 10.2. The number of carbonyl (C=O) groups is 1. The van der Waals surface area contributed by atoms with Crippen LogP contribution in [0.4, 0.5) is 11.4 Å². The number of benzene rings is 1. The molecular formula is C18H20N6O3. The van der Waals surface area contributed by atoms with E-state index in [0.29, 0.717) is 25.2 Å². The van der Waals surface area contributed by atoms with Crippen LogP contribution in [0, 0.1) is 10.1 Å². The molecule has 3 aromatic rings. The number of pyridine rings is 1. The van der Waals surface area contributed by atoms with Gasteiger partial charge in [-0.15, -0.1) is 10.2 Å². The molecule has 140 valence electrons. The Hall–Kier alpha value is -3.49. The summed E-state index contributed by atoms with van der Waals surface area (Å²) in [6, 6.07) is 11.6. The van der Waals surface area contributed by atoms with Gasteiger partial charge < -0.3 is 10.6 Å². The molecule has 2 N–H and O–H groups in total. The minimum Gasteiger partial charge on any atom is -0.385 e. The van der Waals surface area contributed by atoms with Gasteiger partial charge in [-0.25, -0.2) is 0 Å². The van der Waals surface area contributed by atoms with Crippen LogP contribution in [0.5, 0.6) is 0 Å². The third-order valence-corrected chi connectivity index (χ3v) is 4.09. The highest BCUT2D eigenvalue weighted by Gasteiger charge is 2.15. The number of hydrogen-bond donors (Lipinski definition) is 2. The Morgan fingerprint density at radius 2 is 2.00 bits per heavy atom. The van der Waals surface area contributed by atoms with Gasteiger partial charge in [0.25, 0.3) is 5.69 Å². The van der Waals surface area contributed by atoms with Crippen LogP contribution in [-0.2, 0) is 4.79 Å². The van der Waals surface area contributed by atoms with E-state index in [1.165, 1.54) is 12.1 Å². The van der Waals surface area contributed by atoms with Gasteiger partial charge in [0.2, 0.25) is 5.91 Å². The van der Waals surface area contributed by atoms with E-state index in [1.54, 1.807) is 12.1 Å². The van der Waals surface area contributed by atoms with E-state index in [2.05, 4.69) is 20.8 Å². The Kier molecular flexibility index (Phi) is 5.60. The van der Waals surface area contributed by atoms with Crippen molar-refractivity contribution >= 4 is 22.9 Å². The zero-order chi connectivity index (χ0) is 19.2. The number of carbonyl (C=O) groups excluding carboxylic acids is 1. The van der Waals surface area contributed by atoms with Crippen LogP contribution in [0.3, 0.4) is 0 Å². The van der Waals surface area contributed by atoms with Gasteiger partial charge in [-0.05, 0) is 37.6 Å². The second-order valence-corrected chi connectivity index (χ2v) is 6.11. The molecule has 9 nitrogen and oxygen atoms in total. The highest BCUT2D eigenvalue weighted by molar-refractivity contribution is 5.76. The molecule has 0 aliphatic heterocycles. The van der Waals surface area contributed by atoms with E-state index >= 15 is 0 Å². The largest absolute Gasteiger partial charge is 0.385 e. The normalized spacial score (nSPS) is 11.9. The minimum absolute atomic E-state index is 0.0509. The quantitative estimate of drug-likeness (QED) is 0.359. The molecule has 2 aromatic heterocycles. The van der Waals surface area contributed by atoms with E-state index in [9.17, 15) is 14.9 Å². The number of anilines is 1. The molecule has 9 heteroatoms. The van der Waals surface area contributed by atoms with E-state index in [0.717, 1.165) is 11.3 Å². The summed E-state index contributed by atoms with van der Waals surface area (Å²) >= 11 is 0. The Balaban J connectivity index is 1.43. The third-order valence-electron chi connectivity index (χ3n) is 4.09. The molecule has 0 fully saturated rings. The van der Waals surface area contributed by atoms with Crippen molar-refractivity contribution in [2.24, 2.45) is 0 Å². The zero-order valence-corrected chi connectivity index (χ0v) is 14.8. The molecule has 1 atom stereocenters. The first-order chi connectivity index (χ1) is 13.0. The van der Waals surface area contributed by atoms with E-state index < -0.39 is 4.92 Å². The molecule has 1 aromatic carbocycles. The van der Waals surface area contributed by atoms with Crippen LogP contribution in [0.2, 0.25) is 0 Å². The van der Waals surface area contributed by atoms with Gasteiger partial charge in [0.1, 0.15) is 0 Å². The number of nitro benzene ring substituents is 1. The average molecular weight is 368 g/mol. The molecule has 0 saturated carbocycles. The summed E-state index contributed by atoms with van der Waals surface area (Å²) in [4.78, 5) is 22.3. The summed E-state index contributed by atoms with van der Waals surface area (Å²) in [6.45, 7) is 2.46. The lowest BCUT2D eigenvalue weighted by Gasteiger charge is -2.12. The summed E-state index contributed by atoms with van der Waals surface area (Å²) in [6.07, 6.45) is 2.86. The second kappa shape index (κ2) is 8.26. The topological polar surface area (TPSA) is 114 Å². The maximum atomic E-state index is 12.1. The first-order valence-corrected chi connectivity index (χ1v) is 8.62. The molecular weight excluding hydrogens is 348 g/mol. The van der Waals surface area contributed by atoms with Gasteiger partial charge >= 0.3 is 0 Å². The average Bonchev–Trinajstić information content (AvgIpc) is 3.10. The summed E-state index contributed by atoms with van der Waals surface area (Å²) in [7, 11) is 0. The molecule has 0 aliphatic rings. The number of rotatable bonds is 8. The van der Waals surface area contributed by atoms with Gasteiger partial charge in [-0.1, -0.05) is 6.07 Å². The number of nitro groups is 1. The van der Waals surface area contributed by atoms with Crippen LogP contribution >= 0.6 is 0 Å². The maximum absolute atomic E-state index is 12.1. The molecule has 0 aliphatic carbocycles. The minimum atomic E-state index is -0.437. The van der Waals surface area contributed by atoms with Crippen molar-refractivity contribution in [1.29, 1.82) is 0 Å². The number of fused-ring (bicyclic) bond motifs is 1. The van der Waals surface area contributed by atoms with Gasteiger partial charge in [0.05, 0.1) is 11.0 Å². The van der Waals surface area contributed by atoms with Crippen molar-refractivity contribution in [3.63, 3.8) is 0 Å². The van der Waals surface area contributed by atoms with Crippen LogP contribution in [-0.4, -0.2) is 32.0 Å². The summed E-state index contributed by atoms with van der Waals surface area (Å²) < 4.78 is 1.85. The summed E-state index contributed by atoms with van der Waals surface area (Å²) in [5.41, 5.74) is 1.57. The van der Waals surface area contributed by atoms with Crippen molar-refractivity contribution in [3.8, 4) is 0 Å². The number of nitrogens with one attached hydrogen (secondary N) is 2. The van der Waals surface area contributed by atoms with Crippen LogP contribution in [0.1, 0.15) is 31.6 Å². The monoisotopic (exact) mass is 368 g/mol. The SMILES string of the molecule is CC(NC(=O)CCCNc1ccc([N+](=O)[O-])cc1)c1nnc2ccccn12. The molecule has 1 unspecified atom stereocenters. The van der Waals surface area contributed by atoms with Crippen LogP contribution < -0.4 is 10.6 Å². The van der Waals surface area contributed by atoms with Crippen molar-refractivity contribution in [2.45, 2.75) is 25.8 Å². The predicted molar refractivity (Wildman–Crippen MR) is 100 cm³/mol. The lowest BCUT2D eigenvalue weighted by molar-refractivity contribution is -0.384. The van der Waals surface area contributed by atoms with Crippen molar-refractivity contribution in [3.05, 3.63) is 64.6 Å². The number of amides is 1. The predicted octanol–water partition coefficient (Wildman–Crippen LogP) is 2.71. The van der Waals surface area contributed by atoms with Gasteiger partial charge in [0, 0.05) is 37.0 Å². The fourth-order valence-electron chi connectivity index (χ4n) is 2.72. The van der Waals surface area contributed by atoms with Gasteiger partial charge in [-0.3, -0.25) is 19.3 Å². The number of hydrogen-bond acceptors (Lipinski definition) is 6. The van der Waals surface area contributed by atoms with E-state index in [-0.39, 0.29) is 17.6 Å². The summed E-state index contributed by atoms with van der Waals surface area (Å²) in [5, 5.41) is 24.9. The Labute approximate surface area is 155 Å². The molecule has 0 spiro atoms. The number of non-ortho nitro benzene ring substituents is 1. The molecule has 3 rings (SSSR count). The highest BCUT2D eigenvalue weighted by atomic mass is 16.6. The summed E-state index contributed by atoms with van der Waals surface area (Å²) in [5.74, 6) is 0.614. The van der Waals surface area contributed by atoms with Crippen LogP contribution in [0.25, 0.3) is 5.65 Å². The van der Waals surface area contributed by atoms with Crippen molar-refractivity contribution in [1.82, 2.24) is 19.9 Å². The third kappa shape index (κ3) is 4.57. The van der Waals surface area contributed by atoms with E-state index in [4.69, 9.17) is 0 Å². The first-order valence-electron chi connectivity index (χ1n) is 8.62. The number of nitrogens with zero attached hydrogens (tertiary/aromatic N) is 4. The van der Waals surface area contributed by atoms with Crippen molar-refractivity contribution in [2.75, 3.05) is 11.9 Å². The fraction of sp³-hybridized carbons (Fsp3) is 0.278. The Bertz CT molecular complexity index is 938. The molecule has 2 heterocycles. The standard InChI is InChI=1S/C18H20N6O3/c1-13(18-22-21-16-5-2-3-12-23(16)18)20-17(25)6-4-11-19-14-7-9-15(10-8-14)24(26)27/h2-3,5,7-10,12-13,19H,4,6,11H2,1H3,(H,20,25). The highest BCUT2D eigenvalue weighted by Crippen LogP contribution is 2.15. The smallest absolute Gasteiger partial charge is 0.269 e. The van der Waals surface area contributed by atoms with Gasteiger partial charge in [-0.2, -0.15) is 0 Å². The van der Waals surface area contributed by atoms with E-state index in [1.807, 2.05) is 35.7 Å². The van der Waals surface area contributed by atoms with Gasteiger partial charge in [0.15, 0.2) is 11.5 Å².